The van der Waals surface area contributed by atoms with Crippen molar-refractivity contribution in [2.24, 2.45) is 0 Å². The molecule has 1 N–H and O–H groups in total. The third kappa shape index (κ3) is 5.03. The molecule has 0 radical (unpaired) electrons. The molecule has 5 heteroatoms. The largest absolute Gasteiger partial charge is 0.379 e. The Labute approximate surface area is 133 Å². The molecule has 1 heterocycles. The van der Waals surface area contributed by atoms with Gasteiger partial charge in [-0.25, -0.2) is 0 Å². The number of hydrogen-bond acceptors (Lipinski definition) is 3. The monoisotopic (exact) mass is 389 g/mol. The summed E-state index contributed by atoms with van der Waals surface area (Å²) in [6.45, 7) is 2.83. The van der Waals surface area contributed by atoms with E-state index < -0.39 is 0 Å². The van der Waals surface area contributed by atoms with Crippen LogP contribution in [0.25, 0.3) is 0 Å². The molecule has 1 aromatic carbocycles. The molecule has 110 valence electrons. The lowest BCUT2D eigenvalue weighted by molar-refractivity contribution is 0.0166. The minimum Gasteiger partial charge on any atom is -0.379 e. The van der Waals surface area contributed by atoms with Gasteiger partial charge in [0.1, 0.15) is 0 Å². The lowest BCUT2D eigenvalue weighted by Crippen LogP contribution is -2.26. The van der Waals surface area contributed by atoms with Crippen molar-refractivity contribution in [3.8, 4) is 0 Å². The van der Waals surface area contributed by atoms with Crippen LogP contribution in [0.15, 0.2) is 24.3 Å². The van der Waals surface area contributed by atoms with E-state index in [1.165, 1.54) is 0 Å². The summed E-state index contributed by atoms with van der Waals surface area (Å²) in [5, 5.41) is 2.91. The maximum Gasteiger partial charge on any atom is 0.252 e. The molecule has 1 aliphatic rings. The molecular formula is C15H20INO3. The molecule has 1 unspecified atom stereocenters. The fourth-order valence-corrected chi connectivity index (χ4v) is 2.74. The van der Waals surface area contributed by atoms with Gasteiger partial charge >= 0.3 is 0 Å². The van der Waals surface area contributed by atoms with E-state index in [0.717, 1.165) is 35.0 Å². The van der Waals surface area contributed by atoms with E-state index in [1.807, 2.05) is 24.3 Å². The molecule has 1 saturated heterocycles. The third-order valence-electron chi connectivity index (χ3n) is 3.20. The topological polar surface area (TPSA) is 47.6 Å². The molecule has 1 atom stereocenters. The highest BCUT2D eigenvalue weighted by Crippen LogP contribution is 2.12. The van der Waals surface area contributed by atoms with Crippen LogP contribution in [-0.2, 0) is 9.47 Å². The minimum atomic E-state index is -0.0193. The Balaban J connectivity index is 1.56. The molecule has 0 aliphatic carbocycles. The van der Waals surface area contributed by atoms with E-state index in [9.17, 15) is 4.79 Å². The van der Waals surface area contributed by atoms with Crippen LogP contribution >= 0.6 is 22.6 Å². The van der Waals surface area contributed by atoms with E-state index in [2.05, 4.69) is 27.9 Å². The summed E-state index contributed by atoms with van der Waals surface area (Å²) in [5.41, 5.74) is 0.730. The predicted molar refractivity (Wildman–Crippen MR) is 85.9 cm³/mol. The molecule has 0 saturated carbocycles. The Bertz CT molecular complexity index is 433. The number of ether oxygens (including phenoxy) is 2. The fraction of sp³-hybridized carbons (Fsp3) is 0.533. The van der Waals surface area contributed by atoms with Crippen molar-refractivity contribution >= 4 is 28.5 Å². The molecular weight excluding hydrogens is 369 g/mol. The van der Waals surface area contributed by atoms with Crippen LogP contribution in [-0.4, -0.2) is 38.4 Å². The molecule has 20 heavy (non-hydrogen) atoms. The summed E-state index contributed by atoms with van der Waals surface area (Å²) < 4.78 is 12.0. The van der Waals surface area contributed by atoms with E-state index in [4.69, 9.17) is 9.47 Å². The van der Waals surface area contributed by atoms with Gasteiger partial charge in [-0.05, 0) is 54.0 Å². The molecule has 0 aromatic heterocycles. The summed E-state index contributed by atoms with van der Waals surface area (Å²) in [4.78, 5) is 11.9. The predicted octanol–water partition coefficient (Wildman–Crippen LogP) is 2.61. The SMILES string of the molecule is O=C(NCCCOCC1CCCO1)c1ccccc1I. The van der Waals surface area contributed by atoms with Gasteiger partial charge in [0.15, 0.2) is 0 Å². The number of benzene rings is 1. The summed E-state index contributed by atoms with van der Waals surface area (Å²) in [7, 11) is 0. The van der Waals surface area contributed by atoms with E-state index in [0.29, 0.717) is 19.8 Å². The zero-order valence-corrected chi connectivity index (χ0v) is 13.6. The number of amides is 1. The zero-order chi connectivity index (χ0) is 14.2. The average molecular weight is 389 g/mol. The maximum absolute atomic E-state index is 11.9. The summed E-state index contributed by atoms with van der Waals surface area (Å²) in [6.07, 6.45) is 3.33. The molecule has 1 amide bonds. The average Bonchev–Trinajstić information content (AvgIpc) is 2.96. The van der Waals surface area contributed by atoms with Crippen molar-refractivity contribution in [1.29, 1.82) is 0 Å². The molecule has 0 spiro atoms. The number of nitrogens with one attached hydrogen (secondary N) is 1. The Morgan fingerprint density at radius 2 is 2.30 bits per heavy atom. The van der Waals surface area contributed by atoms with Crippen molar-refractivity contribution in [3.63, 3.8) is 0 Å². The van der Waals surface area contributed by atoms with Crippen molar-refractivity contribution in [2.45, 2.75) is 25.4 Å². The van der Waals surface area contributed by atoms with E-state index in [-0.39, 0.29) is 12.0 Å². The molecule has 1 aromatic rings. The quantitative estimate of drug-likeness (QED) is 0.576. The van der Waals surface area contributed by atoms with Crippen molar-refractivity contribution < 1.29 is 14.3 Å². The van der Waals surface area contributed by atoms with Gasteiger partial charge in [0.25, 0.3) is 5.91 Å². The Hall–Kier alpha value is -0.660. The summed E-state index contributed by atoms with van der Waals surface area (Å²) in [6, 6.07) is 7.57. The number of halogens is 1. The lowest BCUT2D eigenvalue weighted by Gasteiger charge is -2.10. The van der Waals surface area contributed by atoms with Crippen molar-refractivity contribution in [1.82, 2.24) is 5.32 Å². The Kier molecular flexibility index (Phi) is 6.75. The molecule has 0 bridgehead atoms. The summed E-state index contributed by atoms with van der Waals surface area (Å²) in [5.74, 6) is -0.0193. The van der Waals surface area contributed by atoms with Gasteiger partial charge in [0.05, 0.1) is 18.3 Å². The second-order valence-corrected chi connectivity index (χ2v) is 5.96. The van der Waals surface area contributed by atoms with Crippen molar-refractivity contribution in [3.05, 3.63) is 33.4 Å². The first-order chi connectivity index (χ1) is 9.77. The van der Waals surface area contributed by atoms with Crippen molar-refractivity contribution in [2.75, 3.05) is 26.4 Å². The van der Waals surface area contributed by atoms with Gasteiger partial charge in [-0.3, -0.25) is 4.79 Å². The van der Waals surface area contributed by atoms with Gasteiger partial charge < -0.3 is 14.8 Å². The van der Waals surface area contributed by atoms with Crippen LogP contribution in [0.2, 0.25) is 0 Å². The van der Waals surface area contributed by atoms with Crippen LogP contribution in [0.5, 0.6) is 0 Å². The van der Waals surface area contributed by atoms with Crippen LogP contribution in [0.1, 0.15) is 29.6 Å². The molecule has 4 nitrogen and oxygen atoms in total. The molecule has 2 rings (SSSR count). The van der Waals surface area contributed by atoms with Gasteiger partial charge in [-0.1, -0.05) is 12.1 Å². The number of hydrogen-bond donors (Lipinski definition) is 1. The second-order valence-electron chi connectivity index (χ2n) is 4.80. The highest BCUT2D eigenvalue weighted by Gasteiger charge is 2.15. The summed E-state index contributed by atoms with van der Waals surface area (Å²) >= 11 is 2.17. The zero-order valence-electron chi connectivity index (χ0n) is 11.4. The van der Waals surface area contributed by atoms with Crippen LogP contribution < -0.4 is 5.32 Å². The number of carbonyl (C=O) groups excluding carboxylic acids is 1. The molecule has 1 aliphatic heterocycles. The second kappa shape index (κ2) is 8.59. The highest BCUT2D eigenvalue weighted by molar-refractivity contribution is 14.1. The first kappa shape index (κ1) is 15.7. The van der Waals surface area contributed by atoms with Gasteiger partial charge in [0.2, 0.25) is 0 Å². The van der Waals surface area contributed by atoms with Gasteiger partial charge in [0, 0.05) is 23.3 Å². The minimum absolute atomic E-state index is 0.0193. The first-order valence-electron chi connectivity index (χ1n) is 6.99. The smallest absolute Gasteiger partial charge is 0.252 e. The number of carbonyl (C=O) groups is 1. The Morgan fingerprint density at radius 3 is 3.05 bits per heavy atom. The number of rotatable bonds is 7. The van der Waals surface area contributed by atoms with Crippen LogP contribution in [0.4, 0.5) is 0 Å². The van der Waals surface area contributed by atoms with E-state index in [1.54, 1.807) is 0 Å². The van der Waals surface area contributed by atoms with Gasteiger partial charge in [-0.2, -0.15) is 0 Å². The fourth-order valence-electron chi connectivity index (χ4n) is 2.11. The van der Waals surface area contributed by atoms with Crippen LogP contribution in [0, 0.1) is 3.57 Å². The van der Waals surface area contributed by atoms with Gasteiger partial charge in [-0.15, -0.1) is 0 Å². The van der Waals surface area contributed by atoms with Crippen LogP contribution in [0.3, 0.4) is 0 Å². The Morgan fingerprint density at radius 1 is 1.45 bits per heavy atom. The lowest BCUT2D eigenvalue weighted by atomic mass is 10.2. The molecule has 1 fully saturated rings. The van der Waals surface area contributed by atoms with E-state index >= 15 is 0 Å². The normalized spacial score (nSPS) is 18.1. The standard InChI is InChI=1S/C15H20INO3/c16-14-7-2-1-6-13(14)15(18)17-8-4-9-19-11-12-5-3-10-20-12/h1-2,6-7,12H,3-5,8-11H2,(H,17,18). The first-order valence-corrected chi connectivity index (χ1v) is 8.07. The highest BCUT2D eigenvalue weighted by atomic mass is 127. The third-order valence-corrected chi connectivity index (χ3v) is 4.14. The maximum atomic E-state index is 11.9.